The summed E-state index contributed by atoms with van der Waals surface area (Å²) < 4.78 is 26.2. The average Bonchev–Trinajstić information content (AvgIpc) is 2.24. The molecular formula is C14H30N2O2S. The molecule has 1 aliphatic heterocycles. The zero-order chi connectivity index (χ0) is 14.7. The first-order chi connectivity index (χ1) is 8.60. The zero-order valence-corrected chi connectivity index (χ0v) is 13.9. The van der Waals surface area contributed by atoms with Crippen molar-refractivity contribution in [1.29, 1.82) is 0 Å². The number of nitrogens with one attached hydrogen (secondary N) is 1. The molecule has 0 saturated carbocycles. The third-order valence-electron chi connectivity index (χ3n) is 3.34. The van der Waals surface area contributed by atoms with Gasteiger partial charge in [0.25, 0.3) is 0 Å². The van der Waals surface area contributed by atoms with Crippen molar-refractivity contribution in [1.82, 2.24) is 9.62 Å². The number of hydrogen-bond donors (Lipinski definition) is 1. The lowest BCUT2D eigenvalue weighted by Gasteiger charge is -2.34. The van der Waals surface area contributed by atoms with E-state index in [1.165, 1.54) is 0 Å². The molecule has 5 heteroatoms. The van der Waals surface area contributed by atoms with E-state index in [0.717, 1.165) is 19.4 Å². The lowest BCUT2D eigenvalue weighted by Crippen LogP contribution is -2.47. The van der Waals surface area contributed by atoms with Gasteiger partial charge in [0.1, 0.15) is 0 Å². The molecule has 0 aromatic carbocycles. The molecule has 0 aromatic rings. The van der Waals surface area contributed by atoms with Gasteiger partial charge >= 0.3 is 0 Å². The van der Waals surface area contributed by atoms with Gasteiger partial charge in [0.15, 0.2) is 0 Å². The minimum atomic E-state index is -3.06. The van der Waals surface area contributed by atoms with Gasteiger partial charge in [-0.05, 0) is 52.0 Å². The van der Waals surface area contributed by atoms with E-state index in [4.69, 9.17) is 0 Å². The molecule has 0 aliphatic carbocycles. The second-order valence-corrected chi connectivity index (χ2v) is 9.18. The highest BCUT2D eigenvalue weighted by Gasteiger charge is 2.29. The lowest BCUT2D eigenvalue weighted by atomic mass is 9.98. The van der Waals surface area contributed by atoms with E-state index in [9.17, 15) is 8.42 Å². The molecule has 1 N–H and O–H groups in total. The number of nitrogens with zero attached hydrogens (tertiary/aromatic N) is 1. The predicted molar refractivity (Wildman–Crippen MR) is 80.7 cm³/mol. The van der Waals surface area contributed by atoms with Gasteiger partial charge in [0.05, 0.1) is 5.75 Å². The fourth-order valence-electron chi connectivity index (χ4n) is 2.42. The van der Waals surface area contributed by atoms with Crippen LogP contribution < -0.4 is 5.32 Å². The monoisotopic (exact) mass is 290 g/mol. The van der Waals surface area contributed by atoms with Crippen molar-refractivity contribution in [3.8, 4) is 0 Å². The molecule has 4 nitrogen and oxygen atoms in total. The maximum absolute atomic E-state index is 12.2. The van der Waals surface area contributed by atoms with E-state index in [1.54, 1.807) is 4.31 Å². The maximum Gasteiger partial charge on any atom is 0.214 e. The third-order valence-corrected chi connectivity index (χ3v) is 5.55. The smallest absolute Gasteiger partial charge is 0.214 e. The number of rotatable bonds is 5. The predicted octanol–water partition coefficient (Wildman–Crippen LogP) is 2.07. The minimum absolute atomic E-state index is 0.0963. The summed E-state index contributed by atoms with van der Waals surface area (Å²) in [5, 5.41) is 3.48. The fourth-order valence-corrected chi connectivity index (χ4v) is 4.32. The van der Waals surface area contributed by atoms with Crippen LogP contribution in [-0.4, -0.2) is 43.6 Å². The Hall–Kier alpha value is -0.130. The topological polar surface area (TPSA) is 49.4 Å². The second kappa shape index (κ2) is 6.55. The first-order valence-electron chi connectivity index (χ1n) is 7.33. The van der Waals surface area contributed by atoms with Crippen molar-refractivity contribution in [2.24, 2.45) is 11.8 Å². The molecule has 1 fully saturated rings. The molecule has 1 aliphatic rings. The second-order valence-electron chi connectivity index (χ2n) is 7.17. The SMILES string of the molecule is CC(C)CS(=O)(=O)N1CCCC(CNC(C)(C)C)C1. The van der Waals surface area contributed by atoms with Crippen molar-refractivity contribution >= 4 is 10.0 Å². The largest absolute Gasteiger partial charge is 0.312 e. The quantitative estimate of drug-likeness (QED) is 0.843. The fraction of sp³-hybridized carbons (Fsp3) is 1.00. The Bertz CT molecular complexity index is 371. The van der Waals surface area contributed by atoms with Gasteiger partial charge in [-0.2, -0.15) is 0 Å². The van der Waals surface area contributed by atoms with E-state index in [-0.39, 0.29) is 17.2 Å². The molecule has 1 atom stereocenters. The normalized spacial score (nSPS) is 22.9. The summed E-state index contributed by atoms with van der Waals surface area (Å²) in [4.78, 5) is 0. The Balaban J connectivity index is 2.55. The van der Waals surface area contributed by atoms with E-state index in [0.29, 0.717) is 19.0 Å². The molecule has 19 heavy (non-hydrogen) atoms. The minimum Gasteiger partial charge on any atom is -0.312 e. The van der Waals surface area contributed by atoms with Gasteiger partial charge in [-0.25, -0.2) is 12.7 Å². The Morgan fingerprint density at radius 2 is 1.95 bits per heavy atom. The van der Waals surface area contributed by atoms with Crippen LogP contribution in [-0.2, 0) is 10.0 Å². The maximum atomic E-state index is 12.2. The molecule has 1 rings (SSSR count). The summed E-state index contributed by atoms with van der Waals surface area (Å²) in [6.45, 7) is 12.6. The highest BCUT2D eigenvalue weighted by Crippen LogP contribution is 2.20. The molecule has 114 valence electrons. The van der Waals surface area contributed by atoms with Crippen LogP contribution in [0.15, 0.2) is 0 Å². The number of piperidine rings is 1. The first-order valence-corrected chi connectivity index (χ1v) is 8.94. The molecule has 1 heterocycles. The van der Waals surface area contributed by atoms with E-state index in [1.807, 2.05) is 13.8 Å². The molecule has 0 amide bonds. The Morgan fingerprint density at radius 3 is 2.47 bits per heavy atom. The summed E-state index contributed by atoms with van der Waals surface area (Å²) in [7, 11) is -3.06. The van der Waals surface area contributed by atoms with Crippen LogP contribution in [0, 0.1) is 11.8 Å². The van der Waals surface area contributed by atoms with Crippen LogP contribution in [0.5, 0.6) is 0 Å². The first kappa shape index (κ1) is 16.9. The van der Waals surface area contributed by atoms with Crippen LogP contribution in [0.25, 0.3) is 0 Å². The van der Waals surface area contributed by atoms with Gasteiger partial charge in [-0.15, -0.1) is 0 Å². The van der Waals surface area contributed by atoms with Gasteiger partial charge in [0, 0.05) is 18.6 Å². The van der Waals surface area contributed by atoms with E-state index >= 15 is 0 Å². The van der Waals surface area contributed by atoms with Crippen molar-refractivity contribution in [2.75, 3.05) is 25.4 Å². The molecule has 1 unspecified atom stereocenters. The van der Waals surface area contributed by atoms with Gasteiger partial charge in [-0.3, -0.25) is 0 Å². The van der Waals surface area contributed by atoms with Crippen LogP contribution in [0.3, 0.4) is 0 Å². The Morgan fingerprint density at radius 1 is 1.32 bits per heavy atom. The Kier molecular flexibility index (Phi) is 5.83. The molecule has 0 bridgehead atoms. The lowest BCUT2D eigenvalue weighted by molar-refractivity contribution is 0.244. The van der Waals surface area contributed by atoms with Gasteiger partial charge in [-0.1, -0.05) is 13.8 Å². The van der Waals surface area contributed by atoms with E-state index < -0.39 is 10.0 Å². The van der Waals surface area contributed by atoms with Crippen molar-refractivity contribution in [3.63, 3.8) is 0 Å². The van der Waals surface area contributed by atoms with Gasteiger partial charge in [0.2, 0.25) is 10.0 Å². The standard InChI is InChI=1S/C14H30N2O2S/c1-12(2)11-19(17,18)16-8-6-7-13(10-16)9-15-14(3,4)5/h12-13,15H,6-11H2,1-5H3. The Labute approximate surface area is 119 Å². The van der Waals surface area contributed by atoms with Crippen LogP contribution >= 0.6 is 0 Å². The molecule has 0 radical (unpaired) electrons. The number of hydrogen-bond acceptors (Lipinski definition) is 3. The van der Waals surface area contributed by atoms with Crippen LogP contribution in [0.2, 0.25) is 0 Å². The highest BCUT2D eigenvalue weighted by molar-refractivity contribution is 7.89. The molecule has 0 aromatic heterocycles. The molecule has 1 saturated heterocycles. The summed E-state index contributed by atoms with van der Waals surface area (Å²) in [5.74, 6) is 0.903. The summed E-state index contributed by atoms with van der Waals surface area (Å²) in [6.07, 6.45) is 2.10. The van der Waals surface area contributed by atoms with Gasteiger partial charge < -0.3 is 5.32 Å². The molecule has 0 spiro atoms. The van der Waals surface area contributed by atoms with Crippen molar-refractivity contribution < 1.29 is 8.42 Å². The summed E-state index contributed by atoms with van der Waals surface area (Å²) in [5.41, 5.74) is 0.0963. The van der Waals surface area contributed by atoms with E-state index in [2.05, 4.69) is 26.1 Å². The summed E-state index contributed by atoms with van der Waals surface area (Å²) in [6, 6.07) is 0. The number of sulfonamides is 1. The third kappa shape index (κ3) is 6.23. The van der Waals surface area contributed by atoms with Crippen molar-refractivity contribution in [3.05, 3.63) is 0 Å². The highest BCUT2D eigenvalue weighted by atomic mass is 32.2. The zero-order valence-electron chi connectivity index (χ0n) is 13.1. The molecular weight excluding hydrogens is 260 g/mol. The van der Waals surface area contributed by atoms with Crippen LogP contribution in [0.1, 0.15) is 47.5 Å². The van der Waals surface area contributed by atoms with Crippen molar-refractivity contribution in [2.45, 2.75) is 53.0 Å². The summed E-state index contributed by atoms with van der Waals surface area (Å²) >= 11 is 0. The van der Waals surface area contributed by atoms with Crippen LogP contribution in [0.4, 0.5) is 0 Å². The average molecular weight is 290 g/mol.